The zero-order valence-corrected chi connectivity index (χ0v) is 15.2. The SMILES string of the molecule is COc1ccc2cc(-c3ccc(-c4ccc(C(=N)N)s4)s3)ccc2c1. The van der Waals surface area contributed by atoms with E-state index in [1.165, 1.54) is 26.1 Å². The van der Waals surface area contributed by atoms with Gasteiger partial charge in [0.2, 0.25) is 0 Å². The molecular formula is C20H16N2OS2. The van der Waals surface area contributed by atoms with Crippen molar-refractivity contribution in [3.8, 4) is 25.9 Å². The summed E-state index contributed by atoms with van der Waals surface area (Å²) in [4.78, 5) is 4.38. The minimum atomic E-state index is 0.123. The van der Waals surface area contributed by atoms with Gasteiger partial charge in [0.1, 0.15) is 11.6 Å². The number of fused-ring (bicyclic) bond motifs is 1. The van der Waals surface area contributed by atoms with E-state index in [9.17, 15) is 0 Å². The molecule has 3 N–H and O–H groups in total. The molecule has 0 saturated carbocycles. The maximum atomic E-state index is 7.54. The molecule has 124 valence electrons. The summed E-state index contributed by atoms with van der Waals surface area (Å²) in [7, 11) is 1.69. The fourth-order valence-electron chi connectivity index (χ4n) is 2.74. The Kier molecular flexibility index (Phi) is 4.03. The van der Waals surface area contributed by atoms with Crippen molar-refractivity contribution in [2.24, 2.45) is 5.73 Å². The van der Waals surface area contributed by atoms with Gasteiger partial charge in [-0.05, 0) is 58.8 Å². The fraction of sp³-hybridized carbons (Fsp3) is 0.0500. The number of nitrogen functional groups attached to an aromatic ring is 1. The third kappa shape index (κ3) is 3.04. The van der Waals surface area contributed by atoms with E-state index in [0.717, 1.165) is 15.5 Å². The number of benzene rings is 2. The van der Waals surface area contributed by atoms with Gasteiger partial charge in [0, 0.05) is 14.6 Å². The van der Waals surface area contributed by atoms with E-state index in [0.29, 0.717) is 0 Å². The summed E-state index contributed by atoms with van der Waals surface area (Å²) in [5.41, 5.74) is 6.77. The molecule has 25 heavy (non-hydrogen) atoms. The highest BCUT2D eigenvalue weighted by Crippen LogP contribution is 2.38. The van der Waals surface area contributed by atoms with E-state index in [2.05, 4.69) is 36.4 Å². The second-order valence-corrected chi connectivity index (χ2v) is 7.84. The minimum absolute atomic E-state index is 0.123. The molecule has 2 aromatic carbocycles. The van der Waals surface area contributed by atoms with E-state index >= 15 is 0 Å². The predicted molar refractivity (Wildman–Crippen MR) is 108 cm³/mol. The molecule has 0 aliphatic carbocycles. The first-order valence-corrected chi connectivity index (χ1v) is 9.40. The lowest BCUT2D eigenvalue weighted by molar-refractivity contribution is 0.415. The number of nitrogens with one attached hydrogen (secondary N) is 1. The average molecular weight is 364 g/mol. The monoisotopic (exact) mass is 364 g/mol. The van der Waals surface area contributed by atoms with Crippen molar-refractivity contribution in [1.29, 1.82) is 5.41 Å². The maximum Gasteiger partial charge on any atom is 0.133 e. The maximum absolute atomic E-state index is 7.54. The Balaban J connectivity index is 1.69. The number of amidine groups is 1. The lowest BCUT2D eigenvalue weighted by Crippen LogP contribution is -2.08. The summed E-state index contributed by atoms with van der Waals surface area (Å²) in [6.07, 6.45) is 0. The normalized spacial score (nSPS) is 10.9. The fourth-order valence-corrected chi connectivity index (χ4v) is 4.70. The quantitative estimate of drug-likeness (QED) is 0.366. The Labute approximate surface area is 153 Å². The largest absolute Gasteiger partial charge is 0.497 e. The summed E-state index contributed by atoms with van der Waals surface area (Å²) in [5.74, 6) is 0.996. The van der Waals surface area contributed by atoms with Crippen LogP contribution < -0.4 is 10.5 Å². The Morgan fingerprint density at radius 3 is 2.28 bits per heavy atom. The first-order chi connectivity index (χ1) is 12.1. The number of ether oxygens (including phenoxy) is 1. The summed E-state index contributed by atoms with van der Waals surface area (Å²) < 4.78 is 5.29. The zero-order valence-electron chi connectivity index (χ0n) is 13.6. The Morgan fingerprint density at radius 2 is 1.52 bits per heavy atom. The van der Waals surface area contributed by atoms with Gasteiger partial charge in [-0.25, -0.2) is 0 Å². The van der Waals surface area contributed by atoms with Gasteiger partial charge in [-0.15, -0.1) is 22.7 Å². The number of hydrogen-bond acceptors (Lipinski definition) is 4. The van der Waals surface area contributed by atoms with Crippen LogP contribution in [0.1, 0.15) is 4.88 Å². The average Bonchev–Trinajstić information content (AvgIpc) is 3.30. The molecule has 0 radical (unpaired) electrons. The number of hydrogen-bond donors (Lipinski definition) is 2. The van der Waals surface area contributed by atoms with Gasteiger partial charge in [-0.1, -0.05) is 18.2 Å². The highest BCUT2D eigenvalue weighted by molar-refractivity contribution is 7.24. The predicted octanol–water partition coefficient (Wildman–Crippen LogP) is 5.59. The van der Waals surface area contributed by atoms with Crippen molar-refractivity contribution in [3.05, 3.63) is 65.5 Å². The van der Waals surface area contributed by atoms with Gasteiger partial charge in [0.05, 0.1) is 12.0 Å². The van der Waals surface area contributed by atoms with Crippen molar-refractivity contribution < 1.29 is 4.74 Å². The van der Waals surface area contributed by atoms with E-state index in [1.54, 1.807) is 29.8 Å². The number of rotatable bonds is 4. The molecule has 2 aromatic heterocycles. The van der Waals surface area contributed by atoms with Crippen LogP contribution in [0.5, 0.6) is 5.75 Å². The lowest BCUT2D eigenvalue weighted by atomic mass is 10.1. The van der Waals surface area contributed by atoms with Crippen LogP contribution in [0.2, 0.25) is 0 Å². The number of thiophene rings is 2. The Hall–Kier alpha value is -2.63. The van der Waals surface area contributed by atoms with E-state index in [1.807, 2.05) is 24.3 Å². The van der Waals surface area contributed by atoms with Crippen molar-refractivity contribution in [1.82, 2.24) is 0 Å². The standard InChI is InChI=1S/C20H16N2OS2/c1-23-15-5-4-12-10-14(3-2-13(12)11-15)16-6-7-17(24-16)18-8-9-19(25-18)20(21)22/h2-11H,1H3,(H3,21,22). The van der Waals surface area contributed by atoms with Crippen LogP contribution in [-0.2, 0) is 0 Å². The number of nitrogens with two attached hydrogens (primary N) is 1. The molecular weight excluding hydrogens is 348 g/mol. The first-order valence-electron chi connectivity index (χ1n) is 7.76. The molecule has 0 aliphatic rings. The van der Waals surface area contributed by atoms with Crippen LogP contribution in [0.4, 0.5) is 0 Å². The van der Waals surface area contributed by atoms with Gasteiger partial charge in [0.15, 0.2) is 0 Å². The van der Waals surface area contributed by atoms with Crippen molar-refractivity contribution in [3.63, 3.8) is 0 Å². The topological polar surface area (TPSA) is 59.1 Å². The summed E-state index contributed by atoms with van der Waals surface area (Å²) in [6, 6.07) is 20.8. The molecule has 0 aliphatic heterocycles. The molecule has 0 atom stereocenters. The van der Waals surface area contributed by atoms with Crippen LogP contribution in [-0.4, -0.2) is 12.9 Å². The third-order valence-corrected chi connectivity index (χ3v) is 6.50. The molecule has 4 aromatic rings. The highest BCUT2D eigenvalue weighted by atomic mass is 32.1. The summed E-state index contributed by atoms with van der Waals surface area (Å²) >= 11 is 3.31. The van der Waals surface area contributed by atoms with E-state index < -0.39 is 0 Å². The van der Waals surface area contributed by atoms with Crippen LogP contribution >= 0.6 is 22.7 Å². The molecule has 0 amide bonds. The smallest absolute Gasteiger partial charge is 0.133 e. The highest BCUT2D eigenvalue weighted by Gasteiger charge is 2.09. The third-order valence-electron chi connectivity index (χ3n) is 4.05. The van der Waals surface area contributed by atoms with Crippen LogP contribution in [0, 0.1) is 5.41 Å². The summed E-state index contributed by atoms with van der Waals surface area (Å²) in [5, 5.41) is 9.91. The molecule has 0 bridgehead atoms. The van der Waals surface area contributed by atoms with Crippen LogP contribution in [0.25, 0.3) is 31.0 Å². The molecule has 0 unspecified atom stereocenters. The van der Waals surface area contributed by atoms with Gasteiger partial charge in [-0.2, -0.15) is 0 Å². The Bertz CT molecular complexity index is 1080. The zero-order chi connectivity index (χ0) is 17.4. The molecule has 5 heteroatoms. The van der Waals surface area contributed by atoms with Crippen LogP contribution in [0.3, 0.4) is 0 Å². The van der Waals surface area contributed by atoms with Gasteiger partial charge >= 0.3 is 0 Å². The molecule has 0 saturated heterocycles. The van der Waals surface area contributed by atoms with Crippen molar-refractivity contribution >= 4 is 39.3 Å². The second kappa shape index (κ2) is 6.35. The van der Waals surface area contributed by atoms with Gasteiger partial charge in [0.25, 0.3) is 0 Å². The van der Waals surface area contributed by atoms with E-state index in [4.69, 9.17) is 15.9 Å². The lowest BCUT2D eigenvalue weighted by Gasteiger charge is -2.04. The second-order valence-electron chi connectivity index (χ2n) is 5.67. The summed E-state index contributed by atoms with van der Waals surface area (Å²) in [6.45, 7) is 0. The first kappa shape index (κ1) is 15.9. The number of methoxy groups -OCH3 is 1. The van der Waals surface area contributed by atoms with E-state index in [-0.39, 0.29) is 5.84 Å². The van der Waals surface area contributed by atoms with Crippen molar-refractivity contribution in [2.75, 3.05) is 7.11 Å². The van der Waals surface area contributed by atoms with Gasteiger partial charge in [-0.3, -0.25) is 5.41 Å². The van der Waals surface area contributed by atoms with Gasteiger partial charge < -0.3 is 10.5 Å². The Morgan fingerprint density at radius 1 is 0.840 bits per heavy atom. The van der Waals surface area contributed by atoms with Crippen molar-refractivity contribution in [2.45, 2.75) is 0 Å². The molecule has 2 heterocycles. The van der Waals surface area contributed by atoms with Crippen LogP contribution in [0.15, 0.2) is 60.7 Å². The minimum Gasteiger partial charge on any atom is -0.497 e. The molecule has 4 rings (SSSR count). The molecule has 0 fully saturated rings. The molecule has 3 nitrogen and oxygen atoms in total. The molecule has 0 spiro atoms.